The van der Waals surface area contributed by atoms with Crippen molar-refractivity contribution in [3.8, 4) is 0 Å². The van der Waals surface area contributed by atoms with Crippen LogP contribution in [-0.2, 0) is 0 Å². The fourth-order valence-corrected chi connectivity index (χ4v) is 4.48. The van der Waals surface area contributed by atoms with Gasteiger partial charge in [0.2, 0.25) is 0 Å². The quantitative estimate of drug-likeness (QED) is 0.588. The lowest BCUT2D eigenvalue weighted by atomic mass is 11.6. The minimum absolute atomic E-state index is 0.596. The molecule has 1 atom stereocenters. The van der Waals surface area contributed by atoms with E-state index < -0.39 is 6.63 Å². The molecular formula is C2H4ClN2PS2. The second-order valence-corrected chi connectivity index (χ2v) is 6.59. The van der Waals surface area contributed by atoms with E-state index in [0.717, 1.165) is 4.38 Å². The molecule has 1 heterocycles. The fourth-order valence-electron chi connectivity index (χ4n) is 0.272. The Bertz CT molecular complexity index is 119. The van der Waals surface area contributed by atoms with Crippen molar-refractivity contribution in [2.75, 3.05) is 6.26 Å². The van der Waals surface area contributed by atoms with Gasteiger partial charge in [0.15, 0.2) is 11.0 Å². The molecule has 0 radical (unpaired) electrons. The van der Waals surface area contributed by atoms with Gasteiger partial charge in [-0.3, -0.25) is 5.20 Å². The average molecular weight is 187 g/mol. The van der Waals surface area contributed by atoms with E-state index >= 15 is 0 Å². The molecule has 1 aliphatic heterocycles. The Morgan fingerprint density at radius 3 is 3.00 bits per heavy atom. The number of hydrazone groups is 1. The van der Waals surface area contributed by atoms with Gasteiger partial charge in [0.05, 0.1) is 0 Å². The molecule has 0 spiro atoms. The number of thioether (sulfide) groups is 1. The molecule has 1 N–H and O–H groups in total. The second-order valence-electron chi connectivity index (χ2n) is 1.02. The molecule has 0 aromatic rings. The van der Waals surface area contributed by atoms with Crippen LogP contribution >= 0.6 is 41.0 Å². The van der Waals surface area contributed by atoms with Crippen molar-refractivity contribution >= 4 is 45.4 Å². The average Bonchev–Trinajstić information content (AvgIpc) is 2.14. The first-order valence-corrected chi connectivity index (χ1v) is 6.73. The molecular weight excluding hydrogens is 183 g/mol. The van der Waals surface area contributed by atoms with Crippen molar-refractivity contribution in [2.45, 2.75) is 0 Å². The Hall–Kier alpha value is 0.890. The monoisotopic (exact) mass is 186 g/mol. The SMILES string of the molecule is CSC1=NNP(Cl)S1. The van der Waals surface area contributed by atoms with Gasteiger partial charge in [-0.1, -0.05) is 11.2 Å². The zero-order valence-electron chi connectivity index (χ0n) is 4.09. The number of halogens is 1. The van der Waals surface area contributed by atoms with Crippen molar-refractivity contribution in [2.24, 2.45) is 5.10 Å². The summed E-state index contributed by atoms with van der Waals surface area (Å²) < 4.78 is 1.03. The van der Waals surface area contributed by atoms with Gasteiger partial charge in [0.1, 0.15) is 0 Å². The fraction of sp³-hybridized carbons (Fsp3) is 0.500. The van der Waals surface area contributed by atoms with Crippen LogP contribution in [0, 0.1) is 0 Å². The lowest BCUT2D eigenvalue weighted by molar-refractivity contribution is 1.13. The smallest absolute Gasteiger partial charge is 0.172 e. The highest BCUT2D eigenvalue weighted by atomic mass is 35.7. The highest BCUT2D eigenvalue weighted by Crippen LogP contribution is 2.56. The molecule has 0 aromatic carbocycles. The normalized spacial score (nSPS) is 27.2. The van der Waals surface area contributed by atoms with Crippen molar-refractivity contribution in [1.29, 1.82) is 0 Å². The third-order valence-corrected chi connectivity index (χ3v) is 4.87. The van der Waals surface area contributed by atoms with Gasteiger partial charge >= 0.3 is 0 Å². The highest BCUT2D eigenvalue weighted by Gasteiger charge is 2.14. The topological polar surface area (TPSA) is 24.4 Å². The Morgan fingerprint density at radius 1 is 2.00 bits per heavy atom. The Kier molecular flexibility index (Phi) is 2.76. The van der Waals surface area contributed by atoms with Crippen molar-refractivity contribution in [3.05, 3.63) is 0 Å². The zero-order chi connectivity index (χ0) is 5.98. The number of nitrogens with zero attached hydrogens (tertiary/aromatic N) is 1. The van der Waals surface area contributed by atoms with Crippen molar-refractivity contribution < 1.29 is 0 Å². The first kappa shape index (κ1) is 7.00. The number of rotatable bonds is 0. The summed E-state index contributed by atoms with van der Waals surface area (Å²) in [6.45, 7) is -0.596. The number of hydrogen-bond donors (Lipinski definition) is 1. The van der Waals surface area contributed by atoms with Gasteiger partial charge in [-0.2, -0.15) is 5.10 Å². The molecule has 0 amide bonds. The van der Waals surface area contributed by atoms with E-state index in [2.05, 4.69) is 10.3 Å². The summed E-state index contributed by atoms with van der Waals surface area (Å²) >= 11 is 8.89. The Labute approximate surface area is 62.2 Å². The minimum Gasteiger partial charge on any atom is -0.263 e. The second kappa shape index (κ2) is 3.16. The van der Waals surface area contributed by atoms with E-state index in [1.54, 1.807) is 23.1 Å². The van der Waals surface area contributed by atoms with E-state index in [9.17, 15) is 0 Å². The van der Waals surface area contributed by atoms with Crippen LogP contribution in [0.2, 0.25) is 0 Å². The Morgan fingerprint density at radius 2 is 2.75 bits per heavy atom. The first-order valence-electron chi connectivity index (χ1n) is 1.84. The third-order valence-electron chi connectivity index (χ3n) is 0.553. The largest absolute Gasteiger partial charge is 0.263 e. The molecule has 0 aliphatic carbocycles. The molecule has 0 saturated carbocycles. The highest BCUT2D eigenvalue weighted by molar-refractivity contribution is 8.74. The van der Waals surface area contributed by atoms with Gasteiger partial charge in [-0.05, 0) is 17.6 Å². The van der Waals surface area contributed by atoms with Crippen LogP contribution in [0.25, 0.3) is 0 Å². The summed E-state index contributed by atoms with van der Waals surface area (Å²) in [5.41, 5.74) is 0. The predicted molar refractivity (Wildman–Crippen MR) is 44.4 cm³/mol. The molecule has 6 heteroatoms. The van der Waals surface area contributed by atoms with Crippen molar-refractivity contribution in [1.82, 2.24) is 5.20 Å². The van der Waals surface area contributed by atoms with Gasteiger partial charge in [-0.15, -0.1) is 11.8 Å². The Balaban J connectivity index is 2.37. The number of nitrogens with one attached hydrogen (secondary N) is 1. The van der Waals surface area contributed by atoms with Crippen LogP contribution in [0.4, 0.5) is 0 Å². The van der Waals surface area contributed by atoms with Crippen LogP contribution in [-0.4, -0.2) is 10.6 Å². The summed E-state index contributed by atoms with van der Waals surface area (Å²) in [7, 11) is 0. The van der Waals surface area contributed by atoms with Crippen LogP contribution < -0.4 is 5.20 Å². The lowest BCUT2D eigenvalue weighted by Gasteiger charge is -1.91. The molecule has 1 aliphatic rings. The number of hydrogen-bond acceptors (Lipinski definition) is 4. The molecule has 8 heavy (non-hydrogen) atoms. The molecule has 0 aromatic heterocycles. The molecule has 0 bridgehead atoms. The van der Waals surface area contributed by atoms with Crippen LogP contribution in [0.1, 0.15) is 0 Å². The van der Waals surface area contributed by atoms with Gasteiger partial charge in [0, 0.05) is 0 Å². The molecule has 0 saturated heterocycles. The van der Waals surface area contributed by atoms with Gasteiger partial charge < -0.3 is 0 Å². The zero-order valence-corrected chi connectivity index (χ0v) is 7.37. The maximum Gasteiger partial charge on any atom is 0.172 e. The molecule has 2 nitrogen and oxygen atoms in total. The van der Waals surface area contributed by atoms with Gasteiger partial charge in [0.25, 0.3) is 0 Å². The summed E-state index contributed by atoms with van der Waals surface area (Å²) in [5, 5.41) is 6.71. The van der Waals surface area contributed by atoms with Crippen LogP contribution in [0.5, 0.6) is 0 Å². The van der Waals surface area contributed by atoms with E-state index in [1.807, 2.05) is 6.26 Å². The minimum atomic E-state index is -0.596. The first-order chi connectivity index (χ1) is 3.83. The van der Waals surface area contributed by atoms with Crippen molar-refractivity contribution in [3.63, 3.8) is 0 Å². The summed E-state index contributed by atoms with van der Waals surface area (Å²) in [4.78, 5) is 0. The molecule has 46 valence electrons. The van der Waals surface area contributed by atoms with E-state index in [1.165, 1.54) is 0 Å². The van der Waals surface area contributed by atoms with E-state index in [0.29, 0.717) is 0 Å². The lowest BCUT2D eigenvalue weighted by Crippen LogP contribution is -1.82. The molecule has 1 rings (SSSR count). The van der Waals surface area contributed by atoms with E-state index in [4.69, 9.17) is 11.2 Å². The molecule has 1 unspecified atom stereocenters. The molecule has 0 fully saturated rings. The van der Waals surface area contributed by atoms with Gasteiger partial charge in [-0.25, -0.2) is 0 Å². The standard InChI is InChI=1S/C2H4ClN2PS2/c1-7-2-4-5-6(3)8-2/h5H,1H3. The van der Waals surface area contributed by atoms with Crippen LogP contribution in [0.3, 0.4) is 0 Å². The summed E-state index contributed by atoms with van der Waals surface area (Å²) in [5.74, 6) is 0. The summed E-state index contributed by atoms with van der Waals surface area (Å²) in [6, 6.07) is 0. The van der Waals surface area contributed by atoms with E-state index in [-0.39, 0.29) is 0 Å². The maximum absolute atomic E-state index is 5.67. The maximum atomic E-state index is 5.67. The summed E-state index contributed by atoms with van der Waals surface area (Å²) in [6.07, 6.45) is 1.99. The van der Waals surface area contributed by atoms with Crippen LogP contribution in [0.15, 0.2) is 5.10 Å². The third kappa shape index (κ3) is 1.69. The predicted octanol–water partition coefficient (Wildman–Crippen LogP) is 2.42.